The zero-order valence-electron chi connectivity index (χ0n) is 15.9. The quantitative estimate of drug-likeness (QED) is 0.560. The van der Waals surface area contributed by atoms with Crippen molar-refractivity contribution < 1.29 is 19.1 Å². The lowest BCUT2D eigenvalue weighted by molar-refractivity contribution is -0.143. The Bertz CT molecular complexity index is 632. The SMILES string of the molecule is C=C(C)[C@@H]1CC[C@]2(C)C[C@@H]1C1=C([C@H]2CC(=O)OC)[C@@H](CC(C)=O)OC1. The fourth-order valence-corrected chi connectivity index (χ4v) is 5.46. The second-order valence-electron chi connectivity index (χ2n) is 8.48. The molecule has 4 nitrogen and oxygen atoms in total. The molecular weight excluding hydrogens is 316 g/mol. The molecule has 0 saturated heterocycles. The summed E-state index contributed by atoms with van der Waals surface area (Å²) in [6.45, 7) is 10.8. The topological polar surface area (TPSA) is 52.6 Å². The molecule has 0 unspecified atom stereocenters. The van der Waals surface area contributed by atoms with Crippen LogP contribution in [0.2, 0.25) is 0 Å². The van der Waals surface area contributed by atoms with E-state index < -0.39 is 0 Å². The smallest absolute Gasteiger partial charge is 0.306 e. The zero-order chi connectivity index (χ0) is 18.4. The van der Waals surface area contributed by atoms with Crippen LogP contribution in [0.25, 0.3) is 0 Å². The molecule has 2 bridgehead atoms. The summed E-state index contributed by atoms with van der Waals surface area (Å²) < 4.78 is 11.0. The van der Waals surface area contributed by atoms with Gasteiger partial charge in [-0.2, -0.15) is 0 Å². The Labute approximate surface area is 150 Å². The standard InChI is InChI=1S/C21H30O4/c1-12(2)14-6-7-21(4)10-15(14)16-11-25-18(8-13(3)22)20(16)17(21)9-19(23)24-5/h14-15,17-18H,1,6-11H2,2-5H3/t14-,15-,17+,18+,21+/m0/s1. The van der Waals surface area contributed by atoms with Crippen molar-refractivity contribution in [2.75, 3.05) is 13.7 Å². The summed E-state index contributed by atoms with van der Waals surface area (Å²) in [6.07, 6.45) is 3.87. The van der Waals surface area contributed by atoms with Gasteiger partial charge in [-0.3, -0.25) is 9.59 Å². The molecule has 2 aliphatic carbocycles. The van der Waals surface area contributed by atoms with E-state index in [4.69, 9.17) is 9.47 Å². The van der Waals surface area contributed by atoms with Crippen molar-refractivity contribution in [2.24, 2.45) is 23.2 Å². The van der Waals surface area contributed by atoms with Gasteiger partial charge in [0.2, 0.25) is 0 Å². The van der Waals surface area contributed by atoms with E-state index >= 15 is 0 Å². The molecule has 1 heterocycles. The van der Waals surface area contributed by atoms with Crippen molar-refractivity contribution in [1.29, 1.82) is 0 Å². The van der Waals surface area contributed by atoms with E-state index in [1.807, 2.05) is 0 Å². The normalized spacial score (nSPS) is 36.8. The van der Waals surface area contributed by atoms with Gasteiger partial charge in [-0.15, -0.1) is 0 Å². The number of rotatable bonds is 5. The van der Waals surface area contributed by atoms with E-state index in [2.05, 4.69) is 20.4 Å². The fourth-order valence-electron chi connectivity index (χ4n) is 5.46. The molecular formula is C21H30O4. The van der Waals surface area contributed by atoms with Gasteiger partial charge in [0.25, 0.3) is 0 Å². The Balaban J connectivity index is 2.04. The van der Waals surface area contributed by atoms with Crippen molar-refractivity contribution in [3.63, 3.8) is 0 Å². The molecule has 3 rings (SSSR count). The molecule has 4 heteroatoms. The lowest BCUT2D eigenvalue weighted by Gasteiger charge is -2.52. The Hall–Kier alpha value is -1.42. The summed E-state index contributed by atoms with van der Waals surface area (Å²) in [4.78, 5) is 23.9. The zero-order valence-corrected chi connectivity index (χ0v) is 15.9. The van der Waals surface area contributed by atoms with Crippen LogP contribution in [0.1, 0.15) is 52.9 Å². The van der Waals surface area contributed by atoms with E-state index in [0.29, 0.717) is 31.3 Å². The van der Waals surface area contributed by atoms with Gasteiger partial charge in [0, 0.05) is 6.42 Å². The number of ether oxygens (including phenoxy) is 2. The number of methoxy groups -OCH3 is 1. The number of allylic oxidation sites excluding steroid dienone is 1. The number of carbonyl (C=O) groups excluding carboxylic acids is 2. The molecule has 5 atom stereocenters. The van der Waals surface area contributed by atoms with Gasteiger partial charge < -0.3 is 9.47 Å². The maximum absolute atomic E-state index is 12.1. The van der Waals surface area contributed by atoms with Crippen LogP contribution in [0.3, 0.4) is 0 Å². The average molecular weight is 346 g/mol. The Kier molecular flexibility index (Phi) is 4.93. The third-order valence-electron chi connectivity index (χ3n) is 6.72. The molecule has 0 radical (unpaired) electrons. The van der Waals surface area contributed by atoms with Crippen LogP contribution in [0.5, 0.6) is 0 Å². The van der Waals surface area contributed by atoms with Gasteiger partial charge in [-0.1, -0.05) is 19.1 Å². The Morgan fingerprint density at radius 3 is 2.64 bits per heavy atom. The lowest BCUT2D eigenvalue weighted by Crippen LogP contribution is -2.45. The number of carbonyl (C=O) groups is 2. The van der Waals surface area contributed by atoms with Crippen molar-refractivity contribution in [3.05, 3.63) is 23.3 Å². The molecule has 0 spiro atoms. The highest BCUT2D eigenvalue weighted by Crippen LogP contribution is 2.60. The molecule has 0 aromatic heterocycles. The molecule has 25 heavy (non-hydrogen) atoms. The summed E-state index contributed by atoms with van der Waals surface area (Å²) in [5, 5.41) is 0. The molecule has 1 fully saturated rings. The molecule has 3 aliphatic rings. The minimum Gasteiger partial charge on any atom is -0.469 e. The minimum absolute atomic E-state index is 0.0619. The first-order chi connectivity index (χ1) is 11.8. The predicted octanol–water partition coefficient (Wildman–Crippen LogP) is 3.85. The number of Topliss-reactive ketones (excluding diaryl/α,β-unsaturated/α-hetero) is 1. The first-order valence-corrected chi connectivity index (χ1v) is 9.33. The summed E-state index contributed by atoms with van der Waals surface area (Å²) in [5.74, 6) is 0.998. The van der Waals surface area contributed by atoms with E-state index in [-0.39, 0.29) is 29.2 Å². The summed E-state index contributed by atoms with van der Waals surface area (Å²) >= 11 is 0. The van der Waals surface area contributed by atoms with Crippen LogP contribution < -0.4 is 0 Å². The van der Waals surface area contributed by atoms with Crippen LogP contribution in [0.4, 0.5) is 0 Å². The second-order valence-corrected chi connectivity index (χ2v) is 8.48. The number of hydrogen-bond acceptors (Lipinski definition) is 4. The van der Waals surface area contributed by atoms with E-state index in [9.17, 15) is 9.59 Å². The van der Waals surface area contributed by atoms with Crippen molar-refractivity contribution in [2.45, 2.75) is 59.0 Å². The van der Waals surface area contributed by atoms with Gasteiger partial charge in [0.05, 0.1) is 26.2 Å². The predicted molar refractivity (Wildman–Crippen MR) is 95.9 cm³/mol. The van der Waals surface area contributed by atoms with Crippen LogP contribution in [0, 0.1) is 23.2 Å². The second kappa shape index (κ2) is 6.71. The molecule has 138 valence electrons. The first kappa shape index (κ1) is 18.4. The number of ketones is 1. The number of fused-ring (bicyclic) bond motifs is 3. The highest BCUT2D eigenvalue weighted by atomic mass is 16.5. The van der Waals surface area contributed by atoms with Crippen LogP contribution in [-0.2, 0) is 19.1 Å². The largest absolute Gasteiger partial charge is 0.469 e. The summed E-state index contributed by atoms with van der Waals surface area (Å²) in [6, 6.07) is 0. The van der Waals surface area contributed by atoms with Gasteiger partial charge >= 0.3 is 5.97 Å². The van der Waals surface area contributed by atoms with Gasteiger partial charge in [0.15, 0.2) is 0 Å². The van der Waals surface area contributed by atoms with Crippen LogP contribution in [-0.4, -0.2) is 31.6 Å². The van der Waals surface area contributed by atoms with Crippen molar-refractivity contribution in [1.82, 2.24) is 0 Å². The Morgan fingerprint density at radius 1 is 1.32 bits per heavy atom. The van der Waals surface area contributed by atoms with Crippen molar-refractivity contribution in [3.8, 4) is 0 Å². The highest BCUT2D eigenvalue weighted by molar-refractivity contribution is 5.77. The molecule has 0 N–H and O–H groups in total. The maximum atomic E-state index is 12.1. The molecule has 0 aromatic carbocycles. The van der Waals surface area contributed by atoms with Crippen LogP contribution in [0.15, 0.2) is 23.3 Å². The number of esters is 1. The summed E-state index contributed by atoms with van der Waals surface area (Å²) in [7, 11) is 1.45. The highest BCUT2D eigenvalue weighted by Gasteiger charge is 2.53. The van der Waals surface area contributed by atoms with Gasteiger partial charge in [-0.05, 0) is 67.4 Å². The van der Waals surface area contributed by atoms with E-state index in [0.717, 1.165) is 19.3 Å². The maximum Gasteiger partial charge on any atom is 0.306 e. The van der Waals surface area contributed by atoms with Crippen LogP contribution >= 0.6 is 0 Å². The van der Waals surface area contributed by atoms with E-state index in [1.54, 1.807) is 6.92 Å². The third-order valence-corrected chi connectivity index (χ3v) is 6.72. The molecule has 1 aliphatic heterocycles. The average Bonchev–Trinajstić information content (AvgIpc) is 2.93. The first-order valence-electron chi connectivity index (χ1n) is 9.33. The van der Waals surface area contributed by atoms with Gasteiger partial charge in [-0.25, -0.2) is 0 Å². The number of hydrogen-bond donors (Lipinski definition) is 0. The minimum atomic E-state index is -0.174. The van der Waals surface area contributed by atoms with E-state index in [1.165, 1.54) is 23.8 Å². The molecule has 0 aromatic rings. The lowest BCUT2D eigenvalue weighted by atomic mass is 9.51. The third kappa shape index (κ3) is 3.21. The van der Waals surface area contributed by atoms with Crippen molar-refractivity contribution >= 4 is 11.8 Å². The summed E-state index contributed by atoms with van der Waals surface area (Å²) in [5.41, 5.74) is 3.86. The molecule has 0 amide bonds. The molecule has 1 saturated carbocycles. The fraction of sp³-hybridized carbons (Fsp3) is 0.714. The Morgan fingerprint density at radius 2 is 2.04 bits per heavy atom. The monoisotopic (exact) mass is 346 g/mol. The van der Waals surface area contributed by atoms with Gasteiger partial charge in [0.1, 0.15) is 5.78 Å².